The maximum atomic E-state index is 5.96. The Hall–Kier alpha value is -1.19. The minimum absolute atomic E-state index is 0.382. The lowest BCUT2D eigenvalue weighted by Crippen LogP contribution is -2.11. The number of ether oxygens (including phenoxy) is 1. The summed E-state index contributed by atoms with van der Waals surface area (Å²) in [6, 6.07) is 12.5. The predicted molar refractivity (Wildman–Crippen MR) is 83.9 cm³/mol. The van der Waals surface area contributed by atoms with Gasteiger partial charge in [-0.3, -0.25) is 4.98 Å². The van der Waals surface area contributed by atoms with Crippen LogP contribution >= 0.6 is 23.4 Å². The van der Waals surface area contributed by atoms with Crippen molar-refractivity contribution in [3.63, 3.8) is 0 Å². The molecule has 0 N–H and O–H groups in total. The fourth-order valence-corrected chi connectivity index (χ4v) is 3.81. The van der Waals surface area contributed by atoms with Crippen LogP contribution in [0.25, 0.3) is 0 Å². The Morgan fingerprint density at radius 2 is 2.15 bits per heavy atom. The van der Waals surface area contributed by atoms with Crippen LogP contribution in [-0.2, 0) is 5.88 Å². The van der Waals surface area contributed by atoms with Gasteiger partial charge in [-0.25, -0.2) is 0 Å². The molecule has 1 aliphatic rings. The van der Waals surface area contributed by atoms with E-state index in [-0.39, 0.29) is 0 Å². The molecule has 0 fully saturated rings. The van der Waals surface area contributed by atoms with Crippen molar-refractivity contribution in [2.24, 2.45) is 0 Å². The van der Waals surface area contributed by atoms with Gasteiger partial charge in [0.1, 0.15) is 5.75 Å². The number of pyridine rings is 1. The molecule has 1 aliphatic heterocycles. The Kier molecular flexibility index (Phi) is 4.18. The molecule has 3 rings (SSSR count). The van der Waals surface area contributed by atoms with Crippen molar-refractivity contribution < 1.29 is 4.74 Å². The number of benzene rings is 1. The van der Waals surface area contributed by atoms with Crippen LogP contribution in [0.3, 0.4) is 0 Å². The number of hydrogen-bond donors (Lipinski definition) is 0. The summed E-state index contributed by atoms with van der Waals surface area (Å²) in [5.74, 6) is 2.71. The van der Waals surface area contributed by atoms with Crippen LogP contribution in [0, 0.1) is 6.92 Å². The zero-order valence-electron chi connectivity index (χ0n) is 11.3. The summed E-state index contributed by atoms with van der Waals surface area (Å²) in [5, 5.41) is 0. The van der Waals surface area contributed by atoms with E-state index in [4.69, 9.17) is 16.3 Å². The third kappa shape index (κ3) is 2.79. The summed E-state index contributed by atoms with van der Waals surface area (Å²) in [6.07, 6.45) is 0. The van der Waals surface area contributed by atoms with Crippen molar-refractivity contribution in [2.75, 3.05) is 12.4 Å². The molecule has 2 aromatic rings. The Labute approximate surface area is 128 Å². The molecule has 0 radical (unpaired) electrons. The van der Waals surface area contributed by atoms with Crippen molar-refractivity contribution in [1.82, 2.24) is 4.98 Å². The van der Waals surface area contributed by atoms with Crippen LogP contribution in [0.2, 0.25) is 0 Å². The molecule has 104 valence electrons. The van der Waals surface area contributed by atoms with E-state index in [2.05, 4.69) is 29.2 Å². The van der Waals surface area contributed by atoms with Crippen LogP contribution in [0.15, 0.2) is 41.3 Å². The van der Waals surface area contributed by atoms with E-state index in [1.165, 1.54) is 10.5 Å². The number of hydrogen-bond acceptors (Lipinski definition) is 3. The van der Waals surface area contributed by atoms with E-state index in [1.807, 2.05) is 30.8 Å². The number of thioether (sulfide) groups is 1. The standard InChI is InChI=1S/C16H16ClNOS/c1-11-6-7-15(14(8-17)18-11)19-9-12-10-20-16-5-3-2-4-13(12)16/h2-7,12H,8-10H2,1H3. The monoisotopic (exact) mass is 305 g/mol. The van der Waals surface area contributed by atoms with Crippen LogP contribution < -0.4 is 4.74 Å². The van der Waals surface area contributed by atoms with E-state index in [9.17, 15) is 0 Å². The molecule has 0 amide bonds. The van der Waals surface area contributed by atoms with Gasteiger partial charge in [0.25, 0.3) is 0 Å². The summed E-state index contributed by atoms with van der Waals surface area (Å²) in [7, 11) is 0. The van der Waals surface area contributed by atoms with Crippen LogP contribution in [0.4, 0.5) is 0 Å². The Bertz CT molecular complexity index is 617. The summed E-state index contributed by atoms with van der Waals surface area (Å²) in [6.45, 7) is 2.64. The third-order valence-electron chi connectivity index (χ3n) is 3.44. The summed E-state index contributed by atoms with van der Waals surface area (Å²) in [4.78, 5) is 5.79. The van der Waals surface area contributed by atoms with Gasteiger partial charge in [0.2, 0.25) is 0 Å². The zero-order valence-corrected chi connectivity index (χ0v) is 12.9. The highest BCUT2D eigenvalue weighted by molar-refractivity contribution is 7.99. The number of aryl methyl sites for hydroxylation is 1. The van der Waals surface area contributed by atoms with Crippen molar-refractivity contribution >= 4 is 23.4 Å². The SMILES string of the molecule is Cc1ccc(OCC2CSc3ccccc32)c(CCl)n1. The number of aromatic nitrogens is 1. The quantitative estimate of drug-likeness (QED) is 0.782. The lowest BCUT2D eigenvalue weighted by Gasteiger charge is -2.14. The van der Waals surface area contributed by atoms with E-state index in [0.717, 1.165) is 22.9 Å². The van der Waals surface area contributed by atoms with Crippen molar-refractivity contribution in [3.05, 3.63) is 53.3 Å². The average molecular weight is 306 g/mol. The summed E-state index contributed by atoms with van der Waals surface area (Å²) in [5.41, 5.74) is 3.19. The maximum absolute atomic E-state index is 5.96. The maximum Gasteiger partial charge on any atom is 0.142 e. The van der Waals surface area contributed by atoms with Gasteiger partial charge in [-0.15, -0.1) is 23.4 Å². The highest BCUT2D eigenvalue weighted by Crippen LogP contribution is 2.39. The lowest BCUT2D eigenvalue weighted by molar-refractivity contribution is 0.294. The Morgan fingerprint density at radius 3 is 3.00 bits per heavy atom. The van der Waals surface area contributed by atoms with Gasteiger partial charge < -0.3 is 4.74 Å². The number of fused-ring (bicyclic) bond motifs is 1. The van der Waals surface area contributed by atoms with Crippen LogP contribution in [-0.4, -0.2) is 17.3 Å². The van der Waals surface area contributed by atoms with E-state index in [0.29, 0.717) is 18.4 Å². The van der Waals surface area contributed by atoms with Gasteiger partial charge in [-0.1, -0.05) is 18.2 Å². The number of nitrogens with zero attached hydrogens (tertiary/aromatic N) is 1. The van der Waals surface area contributed by atoms with E-state index >= 15 is 0 Å². The molecule has 1 atom stereocenters. The zero-order chi connectivity index (χ0) is 13.9. The molecule has 0 spiro atoms. The average Bonchev–Trinajstić information content (AvgIpc) is 2.89. The molecular weight excluding hydrogens is 290 g/mol. The molecule has 4 heteroatoms. The first-order valence-corrected chi connectivity index (χ1v) is 8.17. The topological polar surface area (TPSA) is 22.1 Å². The van der Waals surface area contributed by atoms with Gasteiger partial charge in [-0.2, -0.15) is 0 Å². The first kappa shape index (κ1) is 13.8. The number of alkyl halides is 1. The molecule has 2 heterocycles. The molecule has 2 nitrogen and oxygen atoms in total. The lowest BCUT2D eigenvalue weighted by atomic mass is 10.0. The second-order valence-corrected chi connectivity index (χ2v) is 6.22. The number of halogens is 1. The van der Waals surface area contributed by atoms with Gasteiger partial charge in [0.05, 0.1) is 18.2 Å². The first-order chi connectivity index (χ1) is 9.78. The third-order valence-corrected chi connectivity index (χ3v) is 4.94. The van der Waals surface area contributed by atoms with Gasteiger partial charge in [-0.05, 0) is 30.7 Å². The minimum Gasteiger partial charge on any atom is -0.491 e. The molecular formula is C16H16ClNOS. The predicted octanol–water partition coefficient (Wildman–Crippen LogP) is 4.40. The van der Waals surface area contributed by atoms with Crippen LogP contribution in [0.5, 0.6) is 5.75 Å². The highest BCUT2D eigenvalue weighted by Gasteiger charge is 2.23. The van der Waals surface area contributed by atoms with Crippen LogP contribution in [0.1, 0.15) is 22.9 Å². The fraction of sp³-hybridized carbons (Fsp3) is 0.312. The summed E-state index contributed by atoms with van der Waals surface area (Å²) < 4.78 is 5.96. The van der Waals surface area contributed by atoms with Crippen molar-refractivity contribution in [3.8, 4) is 5.75 Å². The fourth-order valence-electron chi connectivity index (χ4n) is 2.38. The first-order valence-electron chi connectivity index (χ1n) is 6.65. The summed E-state index contributed by atoms with van der Waals surface area (Å²) >= 11 is 7.84. The molecule has 0 saturated carbocycles. The molecule has 1 aromatic carbocycles. The smallest absolute Gasteiger partial charge is 0.142 e. The highest BCUT2D eigenvalue weighted by atomic mass is 35.5. The van der Waals surface area contributed by atoms with Gasteiger partial charge in [0.15, 0.2) is 0 Å². The van der Waals surface area contributed by atoms with Gasteiger partial charge >= 0.3 is 0 Å². The molecule has 1 aromatic heterocycles. The normalized spacial score (nSPS) is 17.0. The van der Waals surface area contributed by atoms with E-state index in [1.54, 1.807) is 0 Å². The largest absolute Gasteiger partial charge is 0.491 e. The van der Waals surface area contributed by atoms with E-state index < -0.39 is 0 Å². The second kappa shape index (κ2) is 6.06. The Morgan fingerprint density at radius 1 is 1.30 bits per heavy atom. The molecule has 1 unspecified atom stereocenters. The molecule has 0 bridgehead atoms. The minimum atomic E-state index is 0.382. The molecule has 20 heavy (non-hydrogen) atoms. The molecule has 0 saturated heterocycles. The Balaban J connectivity index is 1.72. The molecule has 0 aliphatic carbocycles. The van der Waals surface area contributed by atoms with Crippen molar-refractivity contribution in [2.45, 2.75) is 23.6 Å². The second-order valence-electron chi connectivity index (χ2n) is 4.89. The van der Waals surface area contributed by atoms with Crippen molar-refractivity contribution in [1.29, 1.82) is 0 Å². The number of rotatable bonds is 4. The van der Waals surface area contributed by atoms with Gasteiger partial charge in [0, 0.05) is 22.3 Å².